The Morgan fingerprint density at radius 2 is 1.00 bits per heavy atom. The second kappa shape index (κ2) is 10.3. The summed E-state index contributed by atoms with van der Waals surface area (Å²) < 4.78 is 31.6. The van der Waals surface area contributed by atoms with Crippen LogP contribution in [0.4, 0.5) is 0 Å². The summed E-state index contributed by atoms with van der Waals surface area (Å²) in [6.07, 6.45) is 0. The quantitative estimate of drug-likeness (QED) is 0.354. The fourth-order valence-corrected chi connectivity index (χ4v) is 0. The molecule has 48 valence electrons. The van der Waals surface area contributed by atoms with Gasteiger partial charge in [-0.2, -0.15) is 8.42 Å². The zero-order valence-electron chi connectivity index (χ0n) is 2.53. The SMILES string of the molecule is Cl.O=S(=O)(O)O.[BaH2].[BaH2]. The summed E-state index contributed by atoms with van der Waals surface area (Å²) in [5, 5.41) is 0. The van der Waals surface area contributed by atoms with Crippen LogP contribution in [0, 0.1) is 0 Å². The molecular formula is H7Ba2ClO4S. The van der Waals surface area contributed by atoms with Crippen molar-refractivity contribution in [2.45, 2.75) is 0 Å². The van der Waals surface area contributed by atoms with E-state index in [9.17, 15) is 0 Å². The van der Waals surface area contributed by atoms with Crippen LogP contribution in [0.3, 0.4) is 0 Å². The van der Waals surface area contributed by atoms with Gasteiger partial charge in [-0.3, -0.25) is 9.11 Å². The van der Waals surface area contributed by atoms with Crippen molar-refractivity contribution >= 4 is 121 Å². The zero-order valence-corrected chi connectivity index (χ0v) is 4.16. The summed E-state index contributed by atoms with van der Waals surface area (Å²) in [7, 11) is -4.67. The third-order valence-electron chi connectivity index (χ3n) is 0. The molecule has 0 aliphatic rings. The molecule has 0 amide bonds. The third kappa shape index (κ3) is 58.8. The van der Waals surface area contributed by atoms with Gasteiger partial charge in [0.1, 0.15) is 0 Å². The molecule has 0 unspecified atom stereocenters. The minimum absolute atomic E-state index is 0. The standard InChI is InChI=1S/2Ba.ClH.H2O4S.4H/c;;;1-5(2,3)4;;;;/h;;1H;(H2,1,2,3,4);;;;. The maximum absolute atomic E-state index is 8.74. The van der Waals surface area contributed by atoms with Crippen molar-refractivity contribution in [1.29, 1.82) is 0 Å². The molecule has 0 atom stereocenters. The first-order valence-electron chi connectivity index (χ1n) is 0.698. The van der Waals surface area contributed by atoms with E-state index in [0.717, 1.165) is 0 Å². The summed E-state index contributed by atoms with van der Waals surface area (Å²) in [4.78, 5) is 0. The fraction of sp³-hybridized carbons (Fsp3) is 0. The minimum atomic E-state index is -4.67. The molecule has 2 N–H and O–H groups in total. The first-order chi connectivity index (χ1) is 2.00. The maximum atomic E-state index is 8.74. The molecule has 0 heterocycles. The van der Waals surface area contributed by atoms with E-state index in [-0.39, 0.29) is 110 Å². The Morgan fingerprint density at radius 1 is 1.00 bits per heavy atom. The first kappa shape index (κ1) is 22.5. The van der Waals surface area contributed by atoms with Crippen LogP contribution in [0.2, 0.25) is 0 Å². The number of rotatable bonds is 0. The van der Waals surface area contributed by atoms with Gasteiger partial charge in [0.15, 0.2) is 0 Å². The molecule has 0 radical (unpaired) electrons. The van der Waals surface area contributed by atoms with Gasteiger partial charge in [0.2, 0.25) is 0 Å². The summed E-state index contributed by atoms with van der Waals surface area (Å²) in [5.74, 6) is 0. The third-order valence-corrected chi connectivity index (χ3v) is 0. The second-order valence-electron chi connectivity index (χ2n) is 0.448. The van der Waals surface area contributed by atoms with Gasteiger partial charge in [-0.05, 0) is 0 Å². The molecule has 0 aromatic rings. The van der Waals surface area contributed by atoms with Gasteiger partial charge in [0.05, 0.1) is 0 Å². The van der Waals surface area contributed by atoms with Crippen molar-refractivity contribution in [3.05, 3.63) is 0 Å². The number of hydrogen-bond donors (Lipinski definition) is 2. The molecule has 0 bridgehead atoms. The van der Waals surface area contributed by atoms with Crippen LogP contribution >= 0.6 is 12.4 Å². The van der Waals surface area contributed by atoms with Crippen molar-refractivity contribution in [2.75, 3.05) is 0 Å². The van der Waals surface area contributed by atoms with Gasteiger partial charge >= 0.3 is 108 Å². The molecule has 8 heavy (non-hydrogen) atoms. The predicted octanol–water partition coefficient (Wildman–Crippen LogP) is -2.06. The van der Waals surface area contributed by atoms with E-state index < -0.39 is 10.4 Å². The average Bonchev–Trinajstić information content (AvgIpc) is 0.722. The second-order valence-corrected chi connectivity index (χ2v) is 1.34. The molecule has 0 aromatic carbocycles. The van der Waals surface area contributed by atoms with E-state index in [1.165, 1.54) is 0 Å². The van der Waals surface area contributed by atoms with Gasteiger partial charge in [0, 0.05) is 0 Å². The summed E-state index contributed by atoms with van der Waals surface area (Å²) in [6.45, 7) is 0. The van der Waals surface area contributed by atoms with Gasteiger partial charge in [-0.15, -0.1) is 12.4 Å². The Hall–Kier alpha value is 3.30. The van der Waals surface area contributed by atoms with Gasteiger partial charge < -0.3 is 0 Å². The zero-order chi connectivity index (χ0) is 4.50. The van der Waals surface area contributed by atoms with Gasteiger partial charge in [-0.25, -0.2) is 0 Å². The van der Waals surface area contributed by atoms with Crippen LogP contribution in [0.15, 0.2) is 0 Å². The van der Waals surface area contributed by atoms with Crippen LogP contribution in [-0.4, -0.2) is 115 Å². The van der Waals surface area contributed by atoms with Crippen molar-refractivity contribution in [2.24, 2.45) is 0 Å². The van der Waals surface area contributed by atoms with E-state index in [2.05, 4.69) is 0 Å². The van der Waals surface area contributed by atoms with Gasteiger partial charge in [-0.1, -0.05) is 0 Å². The van der Waals surface area contributed by atoms with Gasteiger partial charge in [0.25, 0.3) is 0 Å². The normalized spacial score (nSPS) is 7.25. The van der Waals surface area contributed by atoms with Crippen LogP contribution < -0.4 is 0 Å². The van der Waals surface area contributed by atoms with Crippen molar-refractivity contribution in [1.82, 2.24) is 0 Å². The molecule has 0 saturated heterocycles. The van der Waals surface area contributed by atoms with Crippen LogP contribution in [0.25, 0.3) is 0 Å². The van der Waals surface area contributed by atoms with Crippen LogP contribution in [0.5, 0.6) is 0 Å². The molecule has 0 rings (SSSR count). The van der Waals surface area contributed by atoms with E-state index in [0.29, 0.717) is 0 Å². The first-order valence-corrected chi connectivity index (χ1v) is 2.10. The number of hydrogen-bond acceptors (Lipinski definition) is 2. The molecule has 0 saturated carbocycles. The molecular weight excluding hydrogens is 406 g/mol. The summed E-state index contributed by atoms with van der Waals surface area (Å²) in [6, 6.07) is 0. The van der Waals surface area contributed by atoms with E-state index in [1.54, 1.807) is 0 Å². The molecule has 8 heteroatoms. The Labute approximate surface area is 134 Å². The molecule has 0 aliphatic heterocycles. The molecule has 0 fully saturated rings. The van der Waals surface area contributed by atoms with Crippen LogP contribution in [0.1, 0.15) is 0 Å². The van der Waals surface area contributed by atoms with Crippen molar-refractivity contribution in [3.63, 3.8) is 0 Å². The summed E-state index contributed by atoms with van der Waals surface area (Å²) >= 11 is 0. The van der Waals surface area contributed by atoms with E-state index in [4.69, 9.17) is 17.5 Å². The van der Waals surface area contributed by atoms with Crippen molar-refractivity contribution < 1.29 is 17.5 Å². The topological polar surface area (TPSA) is 74.6 Å². The Kier molecular flexibility index (Phi) is 29.0. The Bertz CT molecular complexity index is 97.2. The van der Waals surface area contributed by atoms with E-state index in [1.807, 2.05) is 0 Å². The monoisotopic (exact) mass is 414 g/mol. The predicted molar refractivity (Wildman–Crippen MR) is 38.5 cm³/mol. The molecule has 0 aromatic heterocycles. The van der Waals surface area contributed by atoms with E-state index >= 15 is 0 Å². The Balaban J connectivity index is -0.0000000267. The van der Waals surface area contributed by atoms with Crippen molar-refractivity contribution in [3.8, 4) is 0 Å². The average molecular weight is 413 g/mol. The van der Waals surface area contributed by atoms with Crippen LogP contribution in [-0.2, 0) is 10.4 Å². The molecule has 4 nitrogen and oxygen atoms in total. The Morgan fingerprint density at radius 3 is 1.00 bits per heavy atom. The fourth-order valence-electron chi connectivity index (χ4n) is 0. The summed E-state index contributed by atoms with van der Waals surface area (Å²) in [5.41, 5.74) is 0. The molecule has 0 spiro atoms. The number of halogens is 1. The molecule has 0 aliphatic carbocycles.